The molecule has 1 heterocycles. The quantitative estimate of drug-likeness (QED) is 0.742. The van der Waals surface area contributed by atoms with Crippen molar-refractivity contribution < 1.29 is 17.9 Å². The molecule has 108 valence electrons. The van der Waals surface area contributed by atoms with Crippen LogP contribution in [-0.4, -0.2) is 52.5 Å². The number of ether oxygens (including phenoxy) is 1. The SMILES string of the molecule is COCCNC(=O)CN(C)S(=O)(=O)c1ccc(C)s1. The van der Waals surface area contributed by atoms with Crippen LogP contribution in [0.2, 0.25) is 0 Å². The fourth-order valence-electron chi connectivity index (χ4n) is 1.34. The summed E-state index contributed by atoms with van der Waals surface area (Å²) in [6, 6.07) is 3.29. The molecule has 0 fully saturated rings. The van der Waals surface area contributed by atoms with Crippen LogP contribution in [0.1, 0.15) is 4.88 Å². The Hall–Kier alpha value is -0.960. The normalized spacial score (nSPS) is 11.8. The van der Waals surface area contributed by atoms with Gasteiger partial charge in [0.05, 0.1) is 13.2 Å². The van der Waals surface area contributed by atoms with Gasteiger partial charge in [0.2, 0.25) is 5.91 Å². The second kappa shape index (κ2) is 6.99. The van der Waals surface area contributed by atoms with Gasteiger partial charge < -0.3 is 10.1 Å². The summed E-state index contributed by atoms with van der Waals surface area (Å²) in [4.78, 5) is 12.5. The molecule has 0 aliphatic heterocycles. The minimum atomic E-state index is -3.58. The van der Waals surface area contributed by atoms with E-state index in [-0.39, 0.29) is 16.7 Å². The first-order valence-electron chi connectivity index (χ1n) is 5.66. The molecule has 1 aromatic heterocycles. The van der Waals surface area contributed by atoms with Gasteiger partial charge in [0.15, 0.2) is 0 Å². The summed E-state index contributed by atoms with van der Waals surface area (Å²) in [5.41, 5.74) is 0. The summed E-state index contributed by atoms with van der Waals surface area (Å²) in [6.07, 6.45) is 0. The summed E-state index contributed by atoms with van der Waals surface area (Å²) in [6.45, 7) is 2.39. The lowest BCUT2D eigenvalue weighted by atomic mass is 10.5. The maximum atomic E-state index is 12.1. The van der Waals surface area contributed by atoms with Gasteiger partial charge >= 0.3 is 0 Å². The van der Waals surface area contributed by atoms with Gasteiger partial charge in [-0.3, -0.25) is 4.79 Å². The van der Waals surface area contributed by atoms with Gasteiger partial charge in [-0.2, -0.15) is 4.31 Å². The molecule has 0 unspecified atom stereocenters. The number of hydrogen-bond acceptors (Lipinski definition) is 5. The lowest BCUT2D eigenvalue weighted by molar-refractivity contribution is -0.121. The van der Waals surface area contributed by atoms with Crippen LogP contribution in [0.3, 0.4) is 0 Å². The molecule has 0 saturated heterocycles. The number of nitrogens with one attached hydrogen (secondary N) is 1. The van der Waals surface area contributed by atoms with E-state index < -0.39 is 10.0 Å². The highest BCUT2D eigenvalue weighted by molar-refractivity contribution is 7.91. The first-order valence-corrected chi connectivity index (χ1v) is 7.92. The minimum Gasteiger partial charge on any atom is -0.383 e. The molecule has 6 nitrogen and oxygen atoms in total. The van der Waals surface area contributed by atoms with E-state index in [4.69, 9.17) is 4.74 Å². The van der Waals surface area contributed by atoms with Crippen LogP contribution in [-0.2, 0) is 19.6 Å². The number of carbonyl (C=O) groups is 1. The fraction of sp³-hybridized carbons (Fsp3) is 0.545. The second-order valence-corrected chi connectivity index (χ2v) is 7.53. The molecular weight excluding hydrogens is 288 g/mol. The van der Waals surface area contributed by atoms with Crippen molar-refractivity contribution in [3.63, 3.8) is 0 Å². The van der Waals surface area contributed by atoms with Gasteiger partial charge in [-0.15, -0.1) is 11.3 Å². The lowest BCUT2D eigenvalue weighted by Crippen LogP contribution is -2.39. The predicted molar refractivity (Wildman–Crippen MR) is 73.8 cm³/mol. The Labute approximate surface area is 117 Å². The third-order valence-corrected chi connectivity index (χ3v) is 5.65. The maximum Gasteiger partial charge on any atom is 0.252 e. The van der Waals surface area contributed by atoms with Gasteiger partial charge in [0, 0.05) is 25.6 Å². The van der Waals surface area contributed by atoms with E-state index in [1.165, 1.54) is 25.5 Å². The van der Waals surface area contributed by atoms with Gasteiger partial charge in [0.1, 0.15) is 4.21 Å². The highest BCUT2D eigenvalue weighted by Gasteiger charge is 2.24. The lowest BCUT2D eigenvalue weighted by Gasteiger charge is -2.15. The molecule has 1 N–H and O–H groups in total. The number of amides is 1. The number of methoxy groups -OCH3 is 1. The average Bonchev–Trinajstić information content (AvgIpc) is 2.76. The highest BCUT2D eigenvalue weighted by atomic mass is 32.2. The topological polar surface area (TPSA) is 75.7 Å². The van der Waals surface area contributed by atoms with Crippen molar-refractivity contribution in [2.45, 2.75) is 11.1 Å². The molecule has 0 bridgehead atoms. The zero-order valence-corrected chi connectivity index (χ0v) is 12.8. The third-order valence-electron chi connectivity index (χ3n) is 2.37. The van der Waals surface area contributed by atoms with Crippen LogP contribution in [0.25, 0.3) is 0 Å². The molecule has 1 rings (SSSR count). The van der Waals surface area contributed by atoms with E-state index in [1.807, 2.05) is 6.92 Å². The van der Waals surface area contributed by atoms with Crippen LogP contribution in [0.15, 0.2) is 16.3 Å². The number of rotatable bonds is 7. The maximum absolute atomic E-state index is 12.1. The van der Waals surface area contributed by atoms with Crippen molar-refractivity contribution >= 4 is 27.3 Å². The molecule has 8 heteroatoms. The largest absolute Gasteiger partial charge is 0.383 e. The van der Waals surface area contributed by atoms with Crippen molar-refractivity contribution in [2.24, 2.45) is 0 Å². The van der Waals surface area contributed by atoms with E-state index in [1.54, 1.807) is 12.1 Å². The van der Waals surface area contributed by atoms with E-state index in [2.05, 4.69) is 5.32 Å². The summed E-state index contributed by atoms with van der Waals surface area (Å²) in [5, 5.41) is 2.58. The summed E-state index contributed by atoms with van der Waals surface area (Å²) in [5.74, 6) is -0.351. The molecule has 1 aromatic rings. The standard InChI is InChI=1S/C11H18N2O4S2/c1-9-4-5-11(18-9)19(15,16)13(2)8-10(14)12-6-7-17-3/h4-5H,6-8H2,1-3H3,(H,12,14). The predicted octanol–water partition coefficient (Wildman–Crippen LogP) is 0.440. The molecule has 0 radical (unpaired) electrons. The zero-order chi connectivity index (χ0) is 14.5. The number of hydrogen-bond donors (Lipinski definition) is 1. The molecule has 0 aromatic carbocycles. The van der Waals surface area contributed by atoms with E-state index >= 15 is 0 Å². The Morgan fingerprint density at radius 3 is 2.68 bits per heavy atom. The van der Waals surface area contributed by atoms with Crippen molar-refractivity contribution in [1.29, 1.82) is 0 Å². The molecule has 0 aliphatic rings. The summed E-state index contributed by atoms with van der Waals surface area (Å²) in [7, 11) is -0.665. The number of thiophene rings is 1. The number of carbonyl (C=O) groups excluding carboxylic acids is 1. The summed E-state index contributed by atoms with van der Waals surface area (Å²) >= 11 is 1.19. The highest BCUT2D eigenvalue weighted by Crippen LogP contribution is 2.23. The monoisotopic (exact) mass is 306 g/mol. The fourth-order valence-corrected chi connectivity index (χ4v) is 3.96. The van der Waals surface area contributed by atoms with E-state index in [9.17, 15) is 13.2 Å². The van der Waals surface area contributed by atoms with Crippen molar-refractivity contribution in [3.05, 3.63) is 17.0 Å². The van der Waals surface area contributed by atoms with Crippen LogP contribution < -0.4 is 5.32 Å². The average molecular weight is 306 g/mol. The first-order chi connectivity index (χ1) is 8.87. The smallest absolute Gasteiger partial charge is 0.252 e. The van der Waals surface area contributed by atoms with Crippen molar-refractivity contribution in [3.8, 4) is 0 Å². The zero-order valence-electron chi connectivity index (χ0n) is 11.2. The Morgan fingerprint density at radius 2 is 2.16 bits per heavy atom. The van der Waals surface area contributed by atoms with Gasteiger partial charge in [0.25, 0.3) is 10.0 Å². The van der Waals surface area contributed by atoms with Crippen LogP contribution in [0.5, 0.6) is 0 Å². The summed E-state index contributed by atoms with van der Waals surface area (Å²) < 4.78 is 30.4. The third kappa shape index (κ3) is 4.57. The van der Waals surface area contributed by atoms with E-state index in [0.717, 1.165) is 9.18 Å². The number of nitrogens with zero attached hydrogens (tertiary/aromatic N) is 1. The van der Waals surface area contributed by atoms with Crippen LogP contribution >= 0.6 is 11.3 Å². The number of aryl methyl sites for hydroxylation is 1. The Balaban J connectivity index is 2.62. The van der Waals surface area contributed by atoms with Gasteiger partial charge in [-0.1, -0.05) is 0 Å². The minimum absolute atomic E-state index is 0.205. The Kier molecular flexibility index (Phi) is 5.92. The van der Waals surface area contributed by atoms with Gasteiger partial charge in [-0.05, 0) is 19.1 Å². The van der Waals surface area contributed by atoms with Crippen LogP contribution in [0.4, 0.5) is 0 Å². The second-order valence-electron chi connectivity index (χ2n) is 3.97. The van der Waals surface area contributed by atoms with Crippen molar-refractivity contribution in [1.82, 2.24) is 9.62 Å². The van der Waals surface area contributed by atoms with Crippen molar-refractivity contribution in [2.75, 3.05) is 33.9 Å². The number of likely N-dealkylation sites (N-methyl/N-ethyl adjacent to an activating group) is 1. The molecule has 0 atom stereocenters. The molecule has 0 aliphatic carbocycles. The first kappa shape index (κ1) is 16.1. The Morgan fingerprint density at radius 1 is 1.47 bits per heavy atom. The molecule has 0 spiro atoms. The van der Waals surface area contributed by atoms with Crippen LogP contribution in [0, 0.1) is 6.92 Å². The molecule has 19 heavy (non-hydrogen) atoms. The number of sulfonamides is 1. The molecular formula is C11H18N2O4S2. The van der Waals surface area contributed by atoms with Gasteiger partial charge in [-0.25, -0.2) is 8.42 Å². The van der Waals surface area contributed by atoms with E-state index in [0.29, 0.717) is 13.2 Å². The molecule has 1 amide bonds. The molecule has 0 saturated carbocycles. The Bertz CT molecular complexity index is 525.